The Morgan fingerprint density at radius 1 is 1.10 bits per heavy atom. The maximum absolute atomic E-state index is 12.3. The van der Waals surface area contributed by atoms with Gasteiger partial charge in [0.15, 0.2) is 0 Å². The third kappa shape index (κ3) is 8.46. The van der Waals surface area contributed by atoms with Crippen LogP contribution in [0.2, 0.25) is 0 Å². The summed E-state index contributed by atoms with van der Waals surface area (Å²) < 4.78 is 13.3. The minimum atomic E-state index is -0.221. The van der Waals surface area contributed by atoms with Gasteiger partial charge < -0.3 is 14.0 Å². The van der Waals surface area contributed by atoms with Crippen molar-refractivity contribution < 1.29 is 14.3 Å². The molecule has 0 N–H and O–H groups in total. The van der Waals surface area contributed by atoms with E-state index in [9.17, 15) is 4.79 Å². The second-order valence-electron chi connectivity index (χ2n) is 10.8. The number of fused-ring (bicyclic) bond motifs is 1. The minimum absolute atomic E-state index is 0.169. The number of rotatable bonds is 9. The van der Waals surface area contributed by atoms with E-state index in [1.54, 1.807) is 6.20 Å². The molecular formula is C35H52N2O3. The zero-order valence-corrected chi connectivity index (χ0v) is 26.4. The molecule has 40 heavy (non-hydrogen) atoms. The fourth-order valence-electron chi connectivity index (χ4n) is 5.26. The Morgan fingerprint density at radius 3 is 2.35 bits per heavy atom. The predicted octanol–water partition coefficient (Wildman–Crippen LogP) is 9.09. The molecule has 5 nitrogen and oxygen atoms in total. The van der Waals surface area contributed by atoms with Gasteiger partial charge >= 0.3 is 5.97 Å². The fourth-order valence-corrected chi connectivity index (χ4v) is 5.26. The molecule has 220 valence electrons. The third-order valence-corrected chi connectivity index (χ3v) is 7.74. The van der Waals surface area contributed by atoms with Gasteiger partial charge in [-0.2, -0.15) is 0 Å². The summed E-state index contributed by atoms with van der Waals surface area (Å²) in [6.45, 7) is 18.0. The Morgan fingerprint density at radius 2 is 1.77 bits per heavy atom. The summed E-state index contributed by atoms with van der Waals surface area (Å²) in [5.41, 5.74) is 5.46. The Bertz CT molecular complexity index is 1170. The quantitative estimate of drug-likeness (QED) is 0.250. The molecule has 0 amide bonds. The first-order chi connectivity index (χ1) is 19.3. The van der Waals surface area contributed by atoms with Gasteiger partial charge in [0.05, 0.1) is 18.9 Å². The van der Waals surface area contributed by atoms with E-state index >= 15 is 0 Å². The average molecular weight is 549 g/mol. The zero-order valence-electron chi connectivity index (χ0n) is 26.4. The molecule has 2 aromatic carbocycles. The number of ether oxygens (including phenoxy) is 2. The van der Waals surface area contributed by atoms with Crippen LogP contribution < -0.4 is 4.74 Å². The van der Waals surface area contributed by atoms with Crippen LogP contribution in [0.3, 0.4) is 0 Å². The second kappa shape index (κ2) is 16.2. The summed E-state index contributed by atoms with van der Waals surface area (Å²) in [4.78, 5) is 16.8. The van der Waals surface area contributed by atoms with E-state index in [-0.39, 0.29) is 23.7 Å². The molecule has 0 aliphatic heterocycles. The molecule has 0 bridgehead atoms. The molecule has 1 aromatic heterocycles. The van der Waals surface area contributed by atoms with Gasteiger partial charge in [0, 0.05) is 19.4 Å². The number of aryl methyl sites for hydroxylation is 1. The van der Waals surface area contributed by atoms with Crippen LogP contribution in [0.4, 0.5) is 0 Å². The molecule has 0 saturated heterocycles. The first kappa shape index (κ1) is 33.1. The Balaban J connectivity index is 0.00000105. The monoisotopic (exact) mass is 548 g/mol. The lowest BCUT2D eigenvalue weighted by Crippen LogP contribution is -2.28. The van der Waals surface area contributed by atoms with Crippen LogP contribution in [0.25, 0.3) is 0 Å². The van der Waals surface area contributed by atoms with Crippen LogP contribution in [0, 0.1) is 0 Å². The number of esters is 1. The summed E-state index contributed by atoms with van der Waals surface area (Å²) in [5, 5.41) is 0. The van der Waals surface area contributed by atoms with Crippen molar-refractivity contribution in [3.63, 3.8) is 0 Å². The lowest BCUT2D eigenvalue weighted by Gasteiger charge is -2.38. The number of nitrogens with zero attached hydrogens (tertiary/aromatic N) is 2. The highest BCUT2D eigenvalue weighted by molar-refractivity contribution is 5.71. The maximum atomic E-state index is 12.3. The van der Waals surface area contributed by atoms with Gasteiger partial charge in [0.25, 0.3) is 0 Å². The van der Waals surface area contributed by atoms with Gasteiger partial charge in [-0.05, 0) is 71.9 Å². The zero-order chi connectivity index (χ0) is 29.7. The molecule has 5 heteroatoms. The van der Waals surface area contributed by atoms with Gasteiger partial charge in [-0.25, -0.2) is 4.98 Å². The van der Waals surface area contributed by atoms with Crippen molar-refractivity contribution in [3.05, 3.63) is 82.9 Å². The van der Waals surface area contributed by atoms with Crippen LogP contribution in [0.5, 0.6) is 5.75 Å². The number of aromatic nitrogens is 2. The summed E-state index contributed by atoms with van der Waals surface area (Å²) >= 11 is 0. The van der Waals surface area contributed by atoms with Gasteiger partial charge in [0.1, 0.15) is 18.2 Å². The van der Waals surface area contributed by atoms with Crippen LogP contribution in [-0.4, -0.2) is 22.1 Å². The molecule has 3 atom stereocenters. The lowest BCUT2D eigenvalue weighted by atomic mass is 9.66. The van der Waals surface area contributed by atoms with Crippen molar-refractivity contribution in [2.24, 2.45) is 7.05 Å². The molecule has 0 fully saturated rings. The van der Waals surface area contributed by atoms with Crippen LogP contribution >= 0.6 is 0 Å². The first-order valence-electron chi connectivity index (χ1n) is 15.2. The third-order valence-electron chi connectivity index (χ3n) is 7.74. The number of carbonyl (C=O) groups is 1. The molecule has 3 aromatic rings. The summed E-state index contributed by atoms with van der Waals surface area (Å²) in [7, 11) is 1.95. The van der Waals surface area contributed by atoms with E-state index in [1.807, 2.05) is 62.8 Å². The lowest BCUT2D eigenvalue weighted by molar-refractivity contribution is -0.143. The van der Waals surface area contributed by atoms with Crippen molar-refractivity contribution in [2.45, 2.75) is 111 Å². The van der Waals surface area contributed by atoms with Gasteiger partial charge in [-0.3, -0.25) is 4.79 Å². The molecule has 0 saturated carbocycles. The molecule has 3 unspecified atom stereocenters. The van der Waals surface area contributed by atoms with Crippen molar-refractivity contribution in [3.8, 4) is 5.75 Å². The van der Waals surface area contributed by atoms with Gasteiger partial charge in [0.2, 0.25) is 0 Å². The summed E-state index contributed by atoms with van der Waals surface area (Å²) in [6, 6.07) is 14.9. The van der Waals surface area contributed by atoms with Crippen molar-refractivity contribution >= 4 is 5.97 Å². The van der Waals surface area contributed by atoms with E-state index in [4.69, 9.17) is 9.47 Å². The number of hydrogen-bond acceptors (Lipinski definition) is 4. The number of benzene rings is 2. The Kier molecular flexibility index (Phi) is 13.5. The Labute approximate surface area is 243 Å². The smallest absolute Gasteiger partial charge is 0.306 e. The van der Waals surface area contributed by atoms with E-state index in [0.717, 1.165) is 23.6 Å². The van der Waals surface area contributed by atoms with Crippen molar-refractivity contribution in [2.75, 3.05) is 6.61 Å². The molecule has 0 radical (unpaired) electrons. The summed E-state index contributed by atoms with van der Waals surface area (Å²) in [6.07, 6.45) is 8.81. The summed E-state index contributed by atoms with van der Waals surface area (Å²) in [5.74, 6) is 1.88. The molecule has 1 aliphatic carbocycles. The topological polar surface area (TPSA) is 53.4 Å². The van der Waals surface area contributed by atoms with Crippen molar-refractivity contribution in [1.29, 1.82) is 0 Å². The van der Waals surface area contributed by atoms with Crippen LogP contribution in [-0.2, 0) is 28.6 Å². The molecular weight excluding hydrogens is 496 g/mol. The van der Waals surface area contributed by atoms with E-state index < -0.39 is 0 Å². The van der Waals surface area contributed by atoms with E-state index in [1.165, 1.54) is 36.0 Å². The number of hydrogen-bond donors (Lipinski definition) is 0. The fraction of sp³-hybridized carbons (Fsp3) is 0.543. The largest absolute Gasteiger partial charge is 0.489 e. The SMILES string of the molecule is CC.CCC.CCOC(=O)CC(c1ccc(OCc2ccc3c(c2)C(C)(CC)CCC3C)cc1)c1nccn1C. The molecule has 1 heterocycles. The van der Waals surface area contributed by atoms with Crippen LogP contribution in [0.1, 0.15) is 127 Å². The van der Waals surface area contributed by atoms with E-state index in [2.05, 4.69) is 57.8 Å². The maximum Gasteiger partial charge on any atom is 0.306 e. The van der Waals surface area contributed by atoms with Crippen LogP contribution in [0.15, 0.2) is 54.9 Å². The average Bonchev–Trinajstić information content (AvgIpc) is 3.40. The second-order valence-corrected chi connectivity index (χ2v) is 10.8. The standard InChI is InChI=1S/C30H38N2O3.C3H8.C2H6/c1-6-30(4)15-14-21(3)25-13-8-22(18-27(25)30)20-35-24-11-9-23(10-12-24)26(19-28(33)34-7-2)29-31-16-17-32(29)5;1-3-2;1-2/h8-13,16-18,21,26H,6-7,14-15,19-20H2,1-5H3;3H2,1-2H3;1-2H3. The highest BCUT2D eigenvalue weighted by Gasteiger charge is 2.33. The molecule has 1 aliphatic rings. The molecule has 4 rings (SSSR count). The molecule has 0 spiro atoms. The first-order valence-corrected chi connectivity index (χ1v) is 15.2. The number of imidazole rings is 1. The van der Waals surface area contributed by atoms with Gasteiger partial charge in [-0.1, -0.05) is 85.2 Å². The van der Waals surface area contributed by atoms with Crippen molar-refractivity contribution in [1.82, 2.24) is 9.55 Å². The van der Waals surface area contributed by atoms with E-state index in [0.29, 0.717) is 19.1 Å². The highest BCUT2D eigenvalue weighted by atomic mass is 16.5. The van der Waals surface area contributed by atoms with Gasteiger partial charge in [-0.15, -0.1) is 0 Å². The number of carbonyl (C=O) groups excluding carboxylic acids is 1. The Hall–Kier alpha value is -3.08. The highest BCUT2D eigenvalue weighted by Crippen LogP contribution is 2.44. The predicted molar refractivity (Wildman–Crippen MR) is 166 cm³/mol. The normalized spacial score (nSPS) is 18.3. The minimum Gasteiger partial charge on any atom is -0.489 e.